The highest BCUT2D eigenvalue weighted by Crippen LogP contribution is 2.11. The minimum absolute atomic E-state index is 0.167. The lowest BCUT2D eigenvalue weighted by Gasteiger charge is -2.24. The van der Waals surface area contributed by atoms with Crippen LogP contribution in [0.2, 0.25) is 0 Å². The maximum absolute atomic E-state index is 11.3. The average molecular weight is 353 g/mol. The van der Waals surface area contributed by atoms with E-state index in [0.717, 1.165) is 44.8 Å². The van der Waals surface area contributed by atoms with Crippen LogP contribution in [0.25, 0.3) is 0 Å². The van der Waals surface area contributed by atoms with Crippen LogP contribution in [0.5, 0.6) is 0 Å². The van der Waals surface area contributed by atoms with E-state index in [2.05, 4.69) is 40.5 Å². The Morgan fingerprint density at radius 2 is 1.96 bits per heavy atom. The number of benzene rings is 2. The Morgan fingerprint density at radius 1 is 1.15 bits per heavy atom. The van der Waals surface area contributed by atoms with Gasteiger partial charge in [0, 0.05) is 44.9 Å². The maximum atomic E-state index is 11.3. The number of primary amides is 1. The largest absolute Gasteiger partial charge is 0.376 e. The molecule has 1 aliphatic rings. The Hall–Kier alpha value is -2.21. The number of rotatable bonds is 7. The topological polar surface area (TPSA) is 67.6 Å². The van der Waals surface area contributed by atoms with Crippen molar-refractivity contribution >= 4 is 5.91 Å². The molecule has 1 atom stereocenters. The Bertz CT molecular complexity index is 705. The predicted molar refractivity (Wildman–Crippen MR) is 103 cm³/mol. The molecule has 3 rings (SSSR count). The molecule has 1 amide bonds. The van der Waals surface area contributed by atoms with Crippen molar-refractivity contribution in [2.75, 3.05) is 26.2 Å². The fraction of sp³-hybridized carbons (Fsp3) is 0.381. The molecule has 26 heavy (non-hydrogen) atoms. The van der Waals surface area contributed by atoms with Crippen LogP contribution in [-0.4, -0.2) is 43.2 Å². The Kier molecular flexibility index (Phi) is 6.77. The van der Waals surface area contributed by atoms with Crippen LogP contribution in [0.1, 0.15) is 27.9 Å². The molecular weight excluding hydrogens is 326 g/mol. The van der Waals surface area contributed by atoms with E-state index in [1.807, 2.05) is 18.2 Å². The SMILES string of the molecule is NC(=O)c1cccc(CNCC2CN(Cc3ccccc3)CCCO2)c1. The number of nitrogens with two attached hydrogens (primary N) is 1. The van der Waals surface area contributed by atoms with E-state index in [1.54, 1.807) is 6.07 Å². The number of amides is 1. The van der Waals surface area contributed by atoms with Gasteiger partial charge in [-0.3, -0.25) is 9.69 Å². The first-order chi connectivity index (χ1) is 12.7. The summed E-state index contributed by atoms with van der Waals surface area (Å²) >= 11 is 0. The maximum Gasteiger partial charge on any atom is 0.248 e. The van der Waals surface area contributed by atoms with Crippen molar-refractivity contribution in [2.24, 2.45) is 5.73 Å². The van der Waals surface area contributed by atoms with Crippen molar-refractivity contribution in [1.82, 2.24) is 10.2 Å². The molecule has 2 aromatic carbocycles. The Labute approximate surface area is 155 Å². The predicted octanol–water partition coefficient (Wildman–Crippen LogP) is 2.17. The van der Waals surface area contributed by atoms with Crippen molar-refractivity contribution in [3.8, 4) is 0 Å². The molecule has 1 fully saturated rings. The molecule has 0 radical (unpaired) electrons. The first kappa shape index (κ1) is 18.6. The quantitative estimate of drug-likeness (QED) is 0.800. The third-order valence-electron chi connectivity index (χ3n) is 4.60. The Balaban J connectivity index is 1.49. The number of nitrogens with one attached hydrogen (secondary N) is 1. The summed E-state index contributed by atoms with van der Waals surface area (Å²) in [6.07, 6.45) is 1.23. The van der Waals surface area contributed by atoms with Crippen LogP contribution in [-0.2, 0) is 17.8 Å². The third kappa shape index (κ3) is 5.66. The van der Waals surface area contributed by atoms with E-state index in [-0.39, 0.29) is 6.10 Å². The van der Waals surface area contributed by atoms with Crippen molar-refractivity contribution in [3.63, 3.8) is 0 Å². The zero-order valence-corrected chi connectivity index (χ0v) is 15.1. The van der Waals surface area contributed by atoms with E-state index in [1.165, 1.54) is 5.56 Å². The van der Waals surface area contributed by atoms with Crippen LogP contribution in [0.15, 0.2) is 54.6 Å². The van der Waals surface area contributed by atoms with Crippen LogP contribution in [0, 0.1) is 0 Å². The molecular formula is C21H27N3O2. The summed E-state index contributed by atoms with van der Waals surface area (Å²) in [5.74, 6) is -0.393. The van der Waals surface area contributed by atoms with Gasteiger partial charge in [-0.05, 0) is 29.7 Å². The van der Waals surface area contributed by atoms with Crippen molar-refractivity contribution in [3.05, 3.63) is 71.3 Å². The van der Waals surface area contributed by atoms with Crippen LogP contribution < -0.4 is 11.1 Å². The number of carbonyl (C=O) groups is 1. The second-order valence-electron chi connectivity index (χ2n) is 6.76. The smallest absolute Gasteiger partial charge is 0.248 e. The van der Waals surface area contributed by atoms with Gasteiger partial charge < -0.3 is 15.8 Å². The summed E-state index contributed by atoms with van der Waals surface area (Å²) in [5, 5.41) is 3.45. The summed E-state index contributed by atoms with van der Waals surface area (Å²) in [6, 6.07) is 18.0. The molecule has 2 aromatic rings. The van der Waals surface area contributed by atoms with Gasteiger partial charge in [0.15, 0.2) is 0 Å². The van der Waals surface area contributed by atoms with Gasteiger partial charge in [0.25, 0.3) is 0 Å². The van der Waals surface area contributed by atoms with Crippen molar-refractivity contribution < 1.29 is 9.53 Å². The molecule has 0 bridgehead atoms. The van der Waals surface area contributed by atoms with Crippen LogP contribution in [0.3, 0.4) is 0 Å². The minimum Gasteiger partial charge on any atom is -0.376 e. The third-order valence-corrected chi connectivity index (χ3v) is 4.60. The van der Waals surface area contributed by atoms with Crippen molar-refractivity contribution in [2.45, 2.75) is 25.6 Å². The van der Waals surface area contributed by atoms with Gasteiger partial charge in [0.05, 0.1) is 6.10 Å². The highest BCUT2D eigenvalue weighted by molar-refractivity contribution is 5.92. The van der Waals surface area contributed by atoms with Gasteiger partial charge in [-0.1, -0.05) is 42.5 Å². The molecule has 5 heteroatoms. The average Bonchev–Trinajstić information content (AvgIpc) is 2.88. The lowest BCUT2D eigenvalue weighted by atomic mass is 10.1. The van der Waals surface area contributed by atoms with Crippen molar-refractivity contribution in [1.29, 1.82) is 0 Å². The van der Waals surface area contributed by atoms with E-state index >= 15 is 0 Å². The Morgan fingerprint density at radius 3 is 2.77 bits per heavy atom. The first-order valence-electron chi connectivity index (χ1n) is 9.18. The molecule has 0 spiro atoms. The van der Waals surface area contributed by atoms with Gasteiger partial charge in [0.2, 0.25) is 5.91 Å². The summed E-state index contributed by atoms with van der Waals surface area (Å²) in [5.41, 5.74) is 8.27. The number of ether oxygens (including phenoxy) is 1. The first-order valence-corrected chi connectivity index (χ1v) is 9.18. The van der Waals surface area contributed by atoms with Crippen LogP contribution >= 0.6 is 0 Å². The summed E-state index contributed by atoms with van der Waals surface area (Å²) < 4.78 is 5.99. The highest BCUT2D eigenvalue weighted by atomic mass is 16.5. The molecule has 5 nitrogen and oxygen atoms in total. The molecule has 1 unspecified atom stereocenters. The lowest BCUT2D eigenvalue weighted by molar-refractivity contribution is 0.0533. The van der Waals surface area contributed by atoms with Gasteiger partial charge in [-0.2, -0.15) is 0 Å². The monoisotopic (exact) mass is 353 g/mol. The summed E-state index contributed by atoms with van der Waals surface area (Å²) in [7, 11) is 0. The zero-order chi connectivity index (χ0) is 18.2. The standard InChI is InChI=1S/C21H27N3O2/c22-21(25)19-9-4-8-18(12-19)13-23-14-20-16-24(10-5-11-26-20)15-17-6-2-1-3-7-17/h1-4,6-9,12,20,23H,5,10-11,13-16H2,(H2,22,25). The van der Waals surface area contributed by atoms with Gasteiger partial charge in [0.1, 0.15) is 0 Å². The zero-order valence-electron chi connectivity index (χ0n) is 15.1. The second kappa shape index (κ2) is 9.48. The fourth-order valence-corrected chi connectivity index (χ4v) is 3.29. The lowest BCUT2D eigenvalue weighted by Crippen LogP contribution is -2.37. The molecule has 3 N–H and O–H groups in total. The van der Waals surface area contributed by atoms with Gasteiger partial charge >= 0.3 is 0 Å². The number of hydrogen-bond donors (Lipinski definition) is 2. The number of nitrogens with zero attached hydrogens (tertiary/aromatic N) is 1. The summed E-state index contributed by atoms with van der Waals surface area (Å²) in [4.78, 5) is 13.7. The summed E-state index contributed by atoms with van der Waals surface area (Å²) in [6.45, 7) is 5.22. The normalized spacial score (nSPS) is 18.4. The number of hydrogen-bond acceptors (Lipinski definition) is 4. The fourth-order valence-electron chi connectivity index (χ4n) is 3.29. The molecule has 138 valence electrons. The molecule has 0 saturated carbocycles. The minimum atomic E-state index is -0.393. The number of carbonyl (C=O) groups excluding carboxylic acids is 1. The van der Waals surface area contributed by atoms with Gasteiger partial charge in [-0.25, -0.2) is 0 Å². The molecule has 0 aromatic heterocycles. The highest BCUT2D eigenvalue weighted by Gasteiger charge is 2.18. The van der Waals surface area contributed by atoms with E-state index in [9.17, 15) is 4.79 Å². The van der Waals surface area contributed by atoms with E-state index in [0.29, 0.717) is 12.1 Å². The molecule has 1 aliphatic heterocycles. The van der Waals surface area contributed by atoms with Crippen LogP contribution in [0.4, 0.5) is 0 Å². The van der Waals surface area contributed by atoms with E-state index < -0.39 is 5.91 Å². The molecule has 1 saturated heterocycles. The van der Waals surface area contributed by atoms with E-state index in [4.69, 9.17) is 10.5 Å². The molecule has 1 heterocycles. The second-order valence-corrected chi connectivity index (χ2v) is 6.76. The van der Waals surface area contributed by atoms with Gasteiger partial charge in [-0.15, -0.1) is 0 Å². The molecule has 0 aliphatic carbocycles.